The third-order valence-corrected chi connectivity index (χ3v) is 0.869. The summed E-state index contributed by atoms with van der Waals surface area (Å²) >= 11 is 0. The van der Waals surface area contributed by atoms with Crippen molar-refractivity contribution in [1.82, 2.24) is 5.16 Å². The van der Waals surface area contributed by atoms with Crippen molar-refractivity contribution in [3.8, 4) is 5.88 Å². The molecule has 0 spiro atoms. The zero-order valence-electron chi connectivity index (χ0n) is 4.47. The van der Waals surface area contributed by atoms with Crippen LogP contribution in [-0.2, 0) is 6.54 Å². The van der Waals surface area contributed by atoms with Gasteiger partial charge in [0.1, 0.15) is 0 Å². The van der Waals surface area contributed by atoms with Crippen molar-refractivity contribution < 1.29 is 14.0 Å². The molecule has 0 fully saturated rings. The van der Waals surface area contributed by atoms with Crippen LogP contribution >= 0.6 is 0 Å². The number of hydrogen-bond acceptors (Lipinski definition) is 4. The third-order valence-electron chi connectivity index (χ3n) is 0.869. The van der Waals surface area contributed by atoms with Crippen molar-refractivity contribution in [2.75, 3.05) is 0 Å². The summed E-state index contributed by atoms with van der Waals surface area (Å²) in [6.45, 7) is -0.0978. The van der Waals surface area contributed by atoms with Crippen LogP contribution in [0, 0.1) is 5.82 Å². The standard InChI is InChI=1S/C4H5FN2O2/c5-3-2(1-6)9-7-4(3)8/h1,6H2,(H,7,8). The van der Waals surface area contributed by atoms with E-state index in [0.717, 1.165) is 0 Å². The van der Waals surface area contributed by atoms with Crippen LogP contribution in [0.2, 0.25) is 0 Å². The van der Waals surface area contributed by atoms with Crippen LogP contribution in [0.4, 0.5) is 4.39 Å². The predicted molar refractivity (Wildman–Crippen MR) is 26.0 cm³/mol. The SMILES string of the molecule is NCc1onc(O)c1F. The Bertz CT molecular complexity index is 210. The molecule has 0 unspecified atom stereocenters. The summed E-state index contributed by atoms with van der Waals surface area (Å²) in [6, 6.07) is 0. The van der Waals surface area contributed by atoms with Crippen molar-refractivity contribution in [3.63, 3.8) is 0 Å². The minimum Gasteiger partial charge on any atom is -0.489 e. The maximum Gasteiger partial charge on any atom is 0.288 e. The second kappa shape index (κ2) is 2.02. The first-order valence-corrected chi connectivity index (χ1v) is 2.28. The number of halogens is 1. The van der Waals surface area contributed by atoms with Gasteiger partial charge in [-0.25, -0.2) is 0 Å². The molecule has 1 heterocycles. The Labute approximate surface area is 50.1 Å². The maximum absolute atomic E-state index is 12.3. The number of nitrogens with zero attached hydrogens (tertiary/aromatic N) is 1. The molecule has 5 heteroatoms. The quantitative estimate of drug-likeness (QED) is 0.563. The highest BCUT2D eigenvalue weighted by Crippen LogP contribution is 2.15. The fourth-order valence-corrected chi connectivity index (χ4v) is 0.430. The van der Waals surface area contributed by atoms with Gasteiger partial charge in [-0.2, -0.15) is 4.39 Å². The Morgan fingerprint density at radius 3 is 2.67 bits per heavy atom. The van der Waals surface area contributed by atoms with Gasteiger partial charge in [0, 0.05) is 0 Å². The Morgan fingerprint density at radius 2 is 2.44 bits per heavy atom. The van der Waals surface area contributed by atoms with Gasteiger partial charge in [0.2, 0.25) is 5.82 Å². The van der Waals surface area contributed by atoms with Crippen LogP contribution in [0.5, 0.6) is 5.88 Å². The number of nitrogens with two attached hydrogens (primary N) is 1. The number of aromatic nitrogens is 1. The van der Waals surface area contributed by atoms with E-state index in [4.69, 9.17) is 10.8 Å². The van der Waals surface area contributed by atoms with E-state index < -0.39 is 11.7 Å². The molecule has 0 saturated carbocycles. The minimum atomic E-state index is -0.877. The normalized spacial score (nSPS) is 10.0. The lowest BCUT2D eigenvalue weighted by Crippen LogP contribution is -1.95. The fraction of sp³-hybridized carbons (Fsp3) is 0.250. The number of rotatable bonds is 1. The molecular formula is C4H5FN2O2. The largest absolute Gasteiger partial charge is 0.489 e. The molecule has 0 amide bonds. The molecule has 0 aliphatic heterocycles. The van der Waals surface area contributed by atoms with Crippen LogP contribution in [-0.4, -0.2) is 10.3 Å². The van der Waals surface area contributed by atoms with Gasteiger partial charge in [0.25, 0.3) is 5.88 Å². The minimum absolute atomic E-state index is 0.0978. The Balaban J connectivity index is 3.04. The molecule has 0 aliphatic rings. The highest BCUT2D eigenvalue weighted by atomic mass is 19.1. The highest BCUT2D eigenvalue weighted by Gasteiger charge is 2.11. The maximum atomic E-state index is 12.3. The van der Waals surface area contributed by atoms with Gasteiger partial charge >= 0.3 is 0 Å². The van der Waals surface area contributed by atoms with E-state index >= 15 is 0 Å². The second-order valence-corrected chi connectivity index (χ2v) is 1.45. The van der Waals surface area contributed by atoms with Crippen molar-refractivity contribution in [2.24, 2.45) is 5.73 Å². The lowest BCUT2D eigenvalue weighted by molar-refractivity contribution is 0.342. The summed E-state index contributed by atoms with van der Waals surface area (Å²) in [5.74, 6) is -1.75. The number of hydrogen-bond donors (Lipinski definition) is 2. The smallest absolute Gasteiger partial charge is 0.288 e. The van der Waals surface area contributed by atoms with Gasteiger partial charge in [0.05, 0.1) is 6.54 Å². The summed E-state index contributed by atoms with van der Waals surface area (Å²) in [5, 5.41) is 11.3. The van der Waals surface area contributed by atoms with Gasteiger partial charge in [-0.15, -0.1) is 0 Å². The van der Waals surface area contributed by atoms with Crippen LogP contribution in [0.25, 0.3) is 0 Å². The Kier molecular flexibility index (Phi) is 1.35. The molecule has 0 aromatic carbocycles. The second-order valence-electron chi connectivity index (χ2n) is 1.45. The average molecular weight is 132 g/mol. The van der Waals surface area contributed by atoms with Crippen molar-refractivity contribution in [2.45, 2.75) is 6.54 Å². The van der Waals surface area contributed by atoms with E-state index in [2.05, 4.69) is 9.68 Å². The lowest BCUT2D eigenvalue weighted by atomic mass is 10.4. The molecule has 0 radical (unpaired) electrons. The zero-order chi connectivity index (χ0) is 6.85. The topological polar surface area (TPSA) is 72.3 Å². The molecular weight excluding hydrogens is 127 g/mol. The first-order valence-electron chi connectivity index (χ1n) is 2.28. The van der Waals surface area contributed by atoms with Gasteiger partial charge in [-0.3, -0.25) is 0 Å². The van der Waals surface area contributed by atoms with E-state index in [1.807, 2.05) is 0 Å². The monoisotopic (exact) mass is 132 g/mol. The van der Waals surface area contributed by atoms with Gasteiger partial charge in [-0.1, -0.05) is 0 Å². The van der Waals surface area contributed by atoms with E-state index in [1.165, 1.54) is 0 Å². The van der Waals surface area contributed by atoms with Crippen molar-refractivity contribution >= 4 is 0 Å². The number of aromatic hydroxyl groups is 1. The van der Waals surface area contributed by atoms with E-state index in [0.29, 0.717) is 0 Å². The van der Waals surface area contributed by atoms with Gasteiger partial charge in [0.15, 0.2) is 5.76 Å². The molecule has 0 saturated heterocycles. The summed E-state index contributed by atoms with van der Waals surface area (Å²) in [6.07, 6.45) is 0. The highest BCUT2D eigenvalue weighted by molar-refractivity contribution is 5.12. The molecule has 3 N–H and O–H groups in total. The molecule has 9 heavy (non-hydrogen) atoms. The van der Waals surface area contributed by atoms with E-state index in [1.54, 1.807) is 0 Å². The molecule has 4 nitrogen and oxygen atoms in total. The first-order chi connectivity index (χ1) is 4.25. The molecule has 1 rings (SSSR count). The Hall–Kier alpha value is -1.10. The Morgan fingerprint density at radius 1 is 1.78 bits per heavy atom. The molecule has 0 bridgehead atoms. The zero-order valence-corrected chi connectivity index (χ0v) is 4.47. The van der Waals surface area contributed by atoms with Gasteiger partial charge in [-0.05, 0) is 5.16 Å². The summed E-state index contributed by atoms with van der Waals surface area (Å²) in [7, 11) is 0. The van der Waals surface area contributed by atoms with Crippen LogP contribution in [0.15, 0.2) is 4.52 Å². The summed E-state index contributed by atoms with van der Waals surface area (Å²) in [5.41, 5.74) is 4.98. The van der Waals surface area contributed by atoms with Crippen molar-refractivity contribution in [1.29, 1.82) is 0 Å². The average Bonchev–Trinajstić information content (AvgIpc) is 2.15. The lowest BCUT2D eigenvalue weighted by Gasteiger charge is -1.81. The van der Waals surface area contributed by atoms with E-state index in [9.17, 15) is 4.39 Å². The third kappa shape index (κ3) is 0.857. The predicted octanol–water partition coefficient (Wildman–Crippen LogP) is -0.0220. The van der Waals surface area contributed by atoms with Crippen LogP contribution in [0.3, 0.4) is 0 Å². The first kappa shape index (κ1) is 6.03. The fourth-order valence-electron chi connectivity index (χ4n) is 0.430. The molecule has 50 valence electrons. The summed E-state index contributed by atoms with van der Waals surface area (Å²) in [4.78, 5) is 0. The molecule has 0 atom stereocenters. The van der Waals surface area contributed by atoms with Crippen LogP contribution in [0.1, 0.15) is 5.76 Å². The summed E-state index contributed by atoms with van der Waals surface area (Å²) < 4.78 is 16.5. The molecule has 0 aliphatic carbocycles. The van der Waals surface area contributed by atoms with Crippen molar-refractivity contribution in [3.05, 3.63) is 11.6 Å². The van der Waals surface area contributed by atoms with E-state index in [-0.39, 0.29) is 12.3 Å². The molecule has 1 aromatic heterocycles. The van der Waals surface area contributed by atoms with Gasteiger partial charge < -0.3 is 15.4 Å². The molecule has 1 aromatic rings. The van der Waals surface area contributed by atoms with Crippen LogP contribution < -0.4 is 5.73 Å².